The fraction of sp³-hybridized carbons (Fsp3) is 1.00. The van der Waals surface area contributed by atoms with Crippen molar-refractivity contribution in [3.05, 3.63) is 0 Å². The molecule has 0 aromatic rings. The summed E-state index contributed by atoms with van der Waals surface area (Å²) >= 11 is 0. The second kappa shape index (κ2) is 7.64. The van der Waals surface area contributed by atoms with Crippen LogP contribution < -0.4 is 0 Å². The SMILES string of the molecule is CCCCC[C@H](C)CCC(C)C. The minimum Gasteiger partial charge on any atom is -0.0654 e. The summed E-state index contributed by atoms with van der Waals surface area (Å²) in [6.45, 7) is 9.31. The van der Waals surface area contributed by atoms with Crippen LogP contribution in [0.25, 0.3) is 0 Å². The third kappa shape index (κ3) is 8.10. The van der Waals surface area contributed by atoms with E-state index in [0.29, 0.717) is 0 Å². The van der Waals surface area contributed by atoms with Gasteiger partial charge < -0.3 is 0 Å². The van der Waals surface area contributed by atoms with Gasteiger partial charge in [-0.25, -0.2) is 0 Å². The summed E-state index contributed by atoms with van der Waals surface area (Å²) in [5.74, 6) is 1.84. The van der Waals surface area contributed by atoms with Crippen molar-refractivity contribution < 1.29 is 0 Å². The predicted octanol–water partition coefficient (Wildman–Crippen LogP) is 4.64. The van der Waals surface area contributed by atoms with Crippen LogP contribution in [0.4, 0.5) is 0 Å². The highest BCUT2D eigenvalue weighted by Gasteiger charge is 2.02. The fourth-order valence-electron chi connectivity index (χ4n) is 1.50. The number of rotatable bonds is 7. The summed E-state index contributed by atoms with van der Waals surface area (Å²) in [5, 5.41) is 0. The molecule has 0 unspecified atom stereocenters. The summed E-state index contributed by atoms with van der Waals surface area (Å²) in [4.78, 5) is 0. The maximum absolute atomic E-state index is 2.40. The smallest absolute Gasteiger partial charge is 0.0443 e. The van der Waals surface area contributed by atoms with Gasteiger partial charge in [0, 0.05) is 0 Å². The van der Waals surface area contributed by atoms with Gasteiger partial charge in [-0.1, -0.05) is 66.2 Å². The first-order valence-corrected chi connectivity index (χ1v) is 5.66. The van der Waals surface area contributed by atoms with E-state index in [2.05, 4.69) is 27.7 Å². The Morgan fingerprint density at radius 1 is 0.833 bits per heavy atom. The van der Waals surface area contributed by atoms with Gasteiger partial charge in [0.1, 0.15) is 0 Å². The van der Waals surface area contributed by atoms with Gasteiger partial charge in [-0.05, 0) is 11.8 Å². The molecule has 0 heteroatoms. The summed E-state index contributed by atoms with van der Waals surface area (Å²) in [6.07, 6.45) is 8.51. The second-order valence-corrected chi connectivity index (χ2v) is 4.57. The van der Waals surface area contributed by atoms with E-state index in [0.717, 1.165) is 11.8 Å². The summed E-state index contributed by atoms with van der Waals surface area (Å²) in [7, 11) is 0. The molecule has 0 fully saturated rings. The first-order chi connectivity index (χ1) is 5.66. The first kappa shape index (κ1) is 12.0. The Bertz CT molecular complexity index is 84.0. The highest BCUT2D eigenvalue weighted by atomic mass is 14.1. The standard InChI is InChI=1S/C12H26/c1-5-6-7-8-12(4)10-9-11(2)3/h11-12H,5-10H2,1-4H3/t12-/m0/s1. The molecule has 0 saturated carbocycles. The van der Waals surface area contributed by atoms with Crippen molar-refractivity contribution in [1.29, 1.82) is 0 Å². The van der Waals surface area contributed by atoms with Crippen molar-refractivity contribution in [3.8, 4) is 0 Å². The molecule has 0 nitrogen and oxygen atoms in total. The Labute approximate surface area is 78.8 Å². The van der Waals surface area contributed by atoms with Crippen molar-refractivity contribution in [2.45, 2.75) is 66.2 Å². The molecule has 0 saturated heterocycles. The minimum absolute atomic E-state index is 0.888. The highest BCUT2D eigenvalue weighted by Crippen LogP contribution is 2.17. The lowest BCUT2D eigenvalue weighted by Gasteiger charge is -2.12. The Balaban J connectivity index is 3.15. The van der Waals surface area contributed by atoms with Gasteiger partial charge in [0.25, 0.3) is 0 Å². The zero-order chi connectivity index (χ0) is 9.40. The number of hydrogen-bond donors (Lipinski definition) is 0. The molecular formula is C12H26. The third-order valence-electron chi connectivity index (χ3n) is 2.54. The van der Waals surface area contributed by atoms with E-state index in [1.807, 2.05) is 0 Å². The minimum atomic E-state index is 0.888. The Hall–Kier alpha value is 0. The highest BCUT2D eigenvalue weighted by molar-refractivity contribution is 4.55. The second-order valence-electron chi connectivity index (χ2n) is 4.57. The van der Waals surface area contributed by atoms with Crippen molar-refractivity contribution in [2.75, 3.05) is 0 Å². The van der Waals surface area contributed by atoms with Crippen LogP contribution in [0.2, 0.25) is 0 Å². The molecule has 0 radical (unpaired) electrons. The van der Waals surface area contributed by atoms with Crippen LogP contribution in [0.5, 0.6) is 0 Å². The lowest BCUT2D eigenvalue weighted by atomic mass is 9.95. The van der Waals surface area contributed by atoms with Crippen molar-refractivity contribution in [1.82, 2.24) is 0 Å². The quantitative estimate of drug-likeness (QED) is 0.488. The van der Waals surface area contributed by atoms with Crippen molar-refractivity contribution in [2.24, 2.45) is 11.8 Å². The van der Waals surface area contributed by atoms with Gasteiger partial charge in [0.05, 0.1) is 0 Å². The van der Waals surface area contributed by atoms with E-state index in [9.17, 15) is 0 Å². The lowest BCUT2D eigenvalue weighted by molar-refractivity contribution is 0.413. The molecule has 0 aliphatic rings. The fourth-order valence-corrected chi connectivity index (χ4v) is 1.50. The molecule has 0 rings (SSSR count). The Morgan fingerprint density at radius 2 is 1.50 bits per heavy atom. The zero-order valence-corrected chi connectivity index (χ0v) is 9.40. The zero-order valence-electron chi connectivity index (χ0n) is 9.40. The lowest BCUT2D eigenvalue weighted by Crippen LogP contribution is -1.97. The van der Waals surface area contributed by atoms with E-state index in [1.54, 1.807) is 0 Å². The van der Waals surface area contributed by atoms with E-state index in [-0.39, 0.29) is 0 Å². The van der Waals surface area contributed by atoms with Gasteiger partial charge in [-0.15, -0.1) is 0 Å². The predicted molar refractivity (Wildman–Crippen MR) is 57.4 cm³/mol. The average Bonchev–Trinajstić information content (AvgIpc) is 2.01. The summed E-state index contributed by atoms with van der Waals surface area (Å²) in [5.41, 5.74) is 0. The van der Waals surface area contributed by atoms with E-state index in [1.165, 1.54) is 38.5 Å². The molecule has 0 aliphatic heterocycles. The van der Waals surface area contributed by atoms with E-state index >= 15 is 0 Å². The third-order valence-corrected chi connectivity index (χ3v) is 2.54. The van der Waals surface area contributed by atoms with Crippen LogP contribution in [-0.4, -0.2) is 0 Å². The van der Waals surface area contributed by atoms with Gasteiger partial charge in [-0.3, -0.25) is 0 Å². The van der Waals surface area contributed by atoms with E-state index < -0.39 is 0 Å². The molecule has 12 heavy (non-hydrogen) atoms. The largest absolute Gasteiger partial charge is 0.0654 e. The van der Waals surface area contributed by atoms with Crippen molar-refractivity contribution >= 4 is 0 Å². The van der Waals surface area contributed by atoms with Crippen LogP contribution >= 0.6 is 0 Å². The molecule has 0 N–H and O–H groups in total. The molecule has 0 heterocycles. The van der Waals surface area contributed by atoms with Crippen LogP contribution in [0, 0.1) is 11.8 Å². The van der Waals surface area contributed by atoms with Gasteiger partial charge in [0.15, 0.2) is 0 Å². The molecule has 0 aliphatic carbocycles. The molecule has 0 amide bonds. The molecule has 0 spiro atoms. The molecule has 74 valence electrons. The molecule has 0 bridgehead atoms. The maximum atomic E-state index is 2.40. The molecular weight excluding hydrogens is 144 g/mol. The van der Waals surface area contributed by atoms with Crippen LogP contribution in [0.1, 0.15) is 66.2 Å². The van der Waals surface area contributed by atoms with E-state index in [4.69, 9.17) is 0 Å². The van der Waals surface area contributed by atoms with Crippen LogP contribution in [0.15, 0.2) is 0 Å². The number of unbranched alkanes of at least 4 members (excludes halogenated alkanes) is 2. The van der Waals surface area contributed by atoms with Crippen LogP contribution in [0.3, 0.4) is 0 Å². The van der Waals surface area contributed by atoms with Gasteiger partial charge >= 0.3 is 0 Å². The maximum Gasteiger partial charge on any atom is -0.0443 e. The van der Waals surface area contributed by atoms with Crippen molar-refractivity contribution in [3.63, 3.8) is 0 Å². The summed E-state index contributed by atoms with van der Waals surface area (Å²) < 4.78 is 0. The average molecular weight is 170 g/mol. The van der Waals surface area contributed by atoms with Crippen LogP contribution in [-0.2, 0) is 0 Å². The van der Waals surface area contributed by atoms with Gasteiger partial charge in [0.2, 0.25) is 0 Å². The molecule has 0 aromatic heterocycles. The molecule has 0 aromatic carbocycles. The monoisotopic (exact) mass is 170 g/mol. The Kier molecular flexibility index (Phi) is 7.64. The molecule has 1 atom stereocenters. The first-order valence-electron chi connectivity index (χ1n) is 5.66. The number of hydrogen-bond acceptors (Lipinski definition) is 0. The Morgan fingerprint density at radius 3 is 2.00 bits per heavy atom. The normalized spacial score (nSPS) is 13.8. The van der Waals surface area contributed by atoms with Gasteiger partial charge in [-0.2, -0.15) is 0 Å². The summed E-state index contributed by atoms with van der Waals surface area (Å²) in [6, 6.07) is 0. The topological polar surface area (TPSA) is 0 Å².